The lowest BCUT2D eigenvalue weighted by molar-refractivity contribution is 0.347. The Bertz CT molecular complexity index is 676. The van der Waals surface area contributed by atoms with E-state index in [0.29, 0.717) is 0 Å². The van der Waals surface area contributed by atoms with Crippen molar-refractivity contribution in [2.24, 2.45) is 0 Å². The van der Waals surface area contributed by atoms with Gasteiger partial charge in [-0.1, -0.05) is 91.0 Å². The molecule has 1 radical (unpaired) electrons. The minimum absolute atomic E-state index is 0.846. The first kappa shape index (κ1) is 15.1. The normalized spacial score (nSPS) is 10.8. The van der Waals surface area contributed by atoms with Gasteiger partial charge in [0.2, 0.25) is 0 Å². The first-order chi connectivity index (χ1) is 11.4. The van der Waals surface area contributed by atoms with Crippen molar-refractivity contribution in [2.45, 2.75) is 13.1 Å². The molecule has 0 aromatic heterocycles. The summed E-state index contributed by atoms with van der Waals surface area (Å²) < 4.78 is 0. The quantitative estimate of drug-likeness (QED) is 0.568. The lowest BCUT2D eigenvalue weighted by atomic mass is 10.1. The van der Waals surface area contributed by atoms with Crippen molar-refractivity contribution < 1.29 is 0 Å². The Morgan fingerprint density at radius 2 is 1.04 bits per heavy atom. The van der Waals surface area contributed by atoms with Crippen LogP contribution in [-0.2, 0) is 13.1 Å². The van der Waals surface area contributed by atoms with Crippen LogP contribution in [0.1, 0.15) is 16.7 Å². The van der Waals surface area contributed by atoms with E-state index < -0.39 is 0 Å². The summed E-state index contributed by atoms with van der Waals surface area (Å²) in [5.74, 6) is 0. The largest absolute Gasteiger partial charge is 0.361 e. The minimum Gasteiger partial charge on any atom is -0.361 e. The van der Waals surface area contributed by atoms with Crippen LogP contribution >= 0.6 is 0 Å². The van der Waals surface area contributed by atoms with E-state index in [1.54, 1.807) is 0 Å². The monoisotopic (exact) mass is 298 g/mol. The fourth-order valence-electron chi connectivity index (χ4n) is 2.47. The number of benzene rings is 3. The first-order valence-electron chi connectivity index (χ1n) is 7.87. The summed E-state index contributed by atoms with van der Waals surface area (Å²) in [7, 11) is 0. The van der Waals surface area contributed by atoms with E-state index in [1.165, 1.54) is 16.7 Å². The fourth-order valence-corrected chi connectivity index (χ4v) is 2.47. The zero-order chi connectivity index (χ0) is 15.7. The topological polar surface area (TPSA) is 3.24 Å². The molecule has 0 aliphatic rings. The average molecular weight is 298 g/mol. The van der Waals surface area contributed by atoms with Gasteiger partial charge in [-0.3, -0.25) is 0 Å². The van der Waals surface area contributed by atoms with Gasteiger partial charge in [0.25, 0.3) is 0 Å². The number of rotatable bonds is 6. The molecule has 0 unspecified atom stereocenters. The summed E-state index contributed by atoms with van der Waals surface area (Å²) in [6, 6.07) is 31.4. The van der Waals surface area contributed by atoms with Crippen molar-refractivity contribution in [3.05, 3.63) is 114 Å². The highest BCUT2D eigenvalue weighted by Gasteiger charge is 2.03. The molecule has 0 amide bonds. The van der Waals surface area contributed by atoms with Crippen LogP contribution in [0.3, 0.4) is 0 Å². The van der Waals surface area contributed by atoms with Crippen molar-refractivity contribution in [1.82, 2.24) is 4.90 Å². The zero-order valence-electron chi connectivity index (χ0n) is 13.1. The molecule has 0 spiro atoms. The molecule has 3 aromatic rings. The van der Waals surface area contributed by atoms with E-state index >= 15 is 0 Å². The van der Waals surface area contributed by atoms with Crippen LogP contribution in [0.5, 0.6) is 0 Å². The van der Waals surface area contributed by atoms with Crippen LogP contribution in [0.2, 0.25) is 0 Å². The molecular formula is C22H20N. The maximum absolute atomic E-state index is 3.44. The van der Waals surface area contributed by atoms with Gasteiger partial charge in [-0.15, -0.1) is 0 Å². The summed E-state index contributed by atoms with van der Waals surface area (Å²) in [6.07, 6.45) is 5.49. The Balaban J connectivity index is 1.76. The van der Waals surface area contributed by atoms with Crippen LogP contribution in [0, 0.1) is 6.20 Å². The van der Waals surface area contributed by atoms with Gasteiger partial charge in [0.1, 0.15) is 0 Å². The number of hydrogen-bond acceptors (Lipinski definition) is 1. The third kappa shape index (κ3) is 4.86. The molecule has 0 saturated heterocycles. The molecule has 0 heterocycles. The molecule has 0 N–H and O–H groups in total. The summed E-state index contributed by atoms with van der Waals surface area (Å²) in [4.78, 5) is 2.22. The third-order valence-electron chi connectivity index (χ3n) is 3.65. The van der Waals surface area contributed by atoms with Gasteiger partial charge in [0.05, 0.1) is 6.20 Å². The minimum atomic E-state index is 0.846. The standard InChI is InChI=1S/C22H20N/c1-4-10-20(11-5-1)16-17-23(18-21-12-6-2-7-13-21)19-22-14-8-3-9-15-22/h1-16H,18-19H2. The summed E-state index contributed by atoms with van der Waals surface area (Å²) in [5.41, 5.74) is 3.74. The molecule has 0 saturated carbocycles. The van der Waals surface area contributed by atoms with E-state index in [4.69, 9.17) is 0 Å². The van der Waals surface area contributed by atoms with Gasteiger partial charge >= 0.3 is 0 Å². The van der Waals surface area contributed by atoms with Crippen molar-refractivity contribution >= 4 is 6.08 Å². The van der Waals surface area contributed by atoms with Gasteiger partial charge in [0, 0.05) is 13.1 Å². The third-order valence-corrected chi connectivity index (χ3v) is 3.65. The SMILES string of the molecule is [C](=Cc1ccccc1)N(Cc1ccccc1)Cc1ccccc1. The molecule has 3 aromatic carbocycles. The van der Waals surface area contributed by atoms with E-state index in [1.807, 2.05) is 24.3 Å². The predicted octanol–water partition coefficient (Wildman–Crippen LogP) is 5.16. The van der Waals surface area contributed by atoms with Crippen LogP contribution < -0.4 is 0 Å². The Morgan fingerprint density at radius 1 is 0.609 bits per heavy atom. The molecule has 0 fully saturated rings. The molecule has 3 rings (SSSR count). The van der Waals surface area contributed by atoms with Gasteiger partial charge in [0.15, 0.2) is 0 Å². The maximum atomic E-state index is 3.44. The summed E-state index contributed by atoms with van der Waals surface area (Å²) in [6.45, 7) is 1.69. The molecule has 23 heavy (non-hydrogen) atoms. The van der Waals surface area contributed by atoms with Crippen LogP contribution in [0.25, 0.3) is 6.08 Å². The Hall–Kier alpha value is -2.80. The zero-order valence-corrected chi connectivity index (χ0v) is 13.1. The number of nitrogens with zero attached hydrogens (tertiary/aromatic N) is 1. The lowest BCUT2D eigenvalue weighted by Crippen LogP contribution is -2.16. The molecule has 0 aliphatic heterocycles. The summed E-state index contributed by atoms with van der Waals surface area (Å²) in [5, 5.41) is 0. The molecule has 0 atom stereocenters. The lowest BCUT2D eigenvalue weighted by Gasteiger charge is -2.20. The van der Waals surface area contributed by atoms with Crippen molar-refractivity contribution in [1.29, 1.82) is 0 Å². The van der Waals surface area contributed by atoms with Crippen molar-refractivity contribution in [3.8, 4) is 0 Å². The molecule has 113 valence electrons. The second kappa shape index (κ2) is 8.00. The highest BCUT2D eigenvalue weighted by Crippen LogP contribution is 2.11. The van der Waals surface area contributed by atoms with E-state index in [0.717, 1.165) is 13.1 Å². The second-order valence-electron chi connectivity index (χ2n) is 5.51. The highest BCUT2D eigenvalue weighted by molar-refractivity contribution is 5.46. The van der Waals surface area contributed by atoms with Crippen molar-refractivity contribution in [2.75, 3.05) is 0 Å². The van der Waals surface area contributed by atoms with Gasteiger partial charge in [-0.05, 0) is 22.8 Å². The predicted molar refractivity (Wildman–Crippen MR) is 96.3 cm³/mol. The average Bonchev–Trinajstić information content (AvgIpc) is 2.62. The fraction of sp³-hybridized carbons (Fsp3) is 0.0909. The first-order valence-corrected chi connectivity index (χ1v) is 7.87. The molecule has 0 bridgehead atoms. The Kier molecular flexibility index (Phi) is 5.25. The Labute approximate surface area is 138 Å². The Morgan fingerprint density at radius 3 is 1.52 bits per heavy atom. The van der Waals surface area contributed by atoms with Gasteiger partial charge in [-0.25, -0.2) is 0 Å². The summed E-state index contributed by atoms with van der Waals surface area (Å²) >= 11 is 0. The maximum Gasteiger partial charge on any atom is 0.0616 e. The smallest absolute Gasteiger partial charge is 0.0616 e. The van der Waals surface area contributed by atoms with Gasteiger partial charge < -0.3 is 4.90 Å². The van der Waals surface area contributed by atoms with E-state index in [2.05, 4.69) is 83.9 Å². The van der Waals surface area contributed by atoms with Crippen LogP contribution in [0.15, 0.2) is 91.0 Å². The molecular weight excluding hydrogens is 278 g/mol. The van der Waals surface area contributed by atoms with Crippen molar-refractivity contribution in [3.63, 3.8) is 0 Å². The van der Waals surface area contributed by atoms with E-state index in [9.17, 15) is 0 Å². The molecule has 0 aliphatic carbocycles. The van der Waals surface area contributed by atoms with E-state index in [-0.39, 0.29) is 0 Å². The highest BCUT2D eigenvalue weighted by atomic mass is 15.1. The molecule has 1 heteroatoms. The second-order valence-corrected chi connectivity index (χ2v) is 5.51. The van der Waals surface area contributed by atoms with Crippen LogP contribution in [0.4, 0.5) is 0 Å². The van der Waals surface area contributed by atoms with Crippen LogP contribution in [-0.4, -0.2) is 4.90 Å². The number of hydrogen-bond donors (Lipinski definition) is 0. The van der Waals surface area contributed by atoms with Gasteiger partial charge in [-0.2, -0.15) is 0 Å². The molecule has 1 nitrogen and oxygen atoms in total.